The third-order valence-corrected chi connectivity index (χ3v) is 1.60. The average Bonchev–Trinajstić information content (AvgIpc) is 2.17. The zero-order chi connectivity index (χ0) is 10.6. The monoisotopic (exact) mass is 190 g/mol. The molecule has 0 heterocycles. The van der Waals surface area contributed by atoms with Crippen molar-refractivity contribution >= 4 is 5.97 Å². The molecule has 0 atom stereocenters. The molecular formula is C11H10O3. The Hall–Kier alpha value is -1.95. The highest BCUT2D eigenvalue weighted by Crippen LogP contribution is 2.15. The summed E-state index contributed by atoms with van der Waals surface area (Å²) in [6.07, 6.45) is 5.15. The van der Waals surface area contributed by atoms with Crippen molar-refractivity contribution in [2.45, 2.75) is 6.92 Å². The zero-order valence-corrected chi connectivity index (χ0v) is 7.78. The number of esters is 1. The summed E-state index contributed by atoms with van der Waals surface area (Å²) in [7, 11) is 0. The average molecular weight is 190 g/mol. The maximum Gasteiger partial charge on any atom is 0.338 e. The maximum atomic E-state index is 11.3. The van der Waals surface area contributed by atoms with E-state index in [1.165, 1.54) is 18.2 Å². The van der Waals surface area contributed by atoms with Crippen LogP contribution in [0.4, 0.5) is 0 Å². The van der Waals surface area contributed by atoms with E-state index in [0.717, 1.165) is 0 Å². The molecule has 0 fully saturated rings. The largest absolute Gasteiger partial charge is 0.508 e. The van der Waals surface area contributed by atoms with Gasteiger partial charge in [-0.15, -0.1) is 6.42 Å². The number of hydrogen-bond donors (Lipinski definition) is 1. The van der Waals surface area contributed by atoms with Gasteiger partial charge in [-0.05, 0) is 25.1 Å². The molecule has 0 saturated carbocycles. The van der Waals surface area contributed by atoms with Crippen molar-refractivity contribution in [2.24, 2.45) is 0 Å². The van der Waals surface area contributed by atoms with Crippen LogP contribution in [0.3, 0.4) is 0 Å². The molecule has 14 heavy (non-hydrogen) atoms. The van der Waals surface area contributed by atoms with E-state index in [9.17, 15) is 9.90 Å². The van der Waals surface area contributed by atoms with E-state index in [-0.39, 0.29) is 11.3 Å². The Kier molecular flexibility index (Phi) is 3.14. The lowest BCUT2D eigenvalue weighted by molar-refractivity contribution is 0.0526. The van der Waals surface area contributed by atoms with Crippen molar-refractivity contribution in [3.05, 3.63) is 29.3 Å². The molecule has 0 aliphatic rings. The van der Waals surface area contributed by atoms with Gasteiger partial charge in [0.2, 0.25) is 0 Å². The third-order valence-electron chi connectivity index (χ3n) is 1.60. The van der Waals surface area contributed by atoms with E-state index < -0.39 is 5.97 Å². The molecule has 0 bridgehead atoms. The summed E-state index contributed by atoms with van der Waals surface area (Å²) in [5.41, 5.74) is 0.716. The van der Waals surface area contributed by atoms with Crippen molar-refractivity contribution in [3.63, 3.8) is 0 Å². The number of phenolic OH excluding ortho intramolecular Hbond substituents is 1. The number of hydrogen-bond acceptors (Lipinski definition) is 3. The normalized spacial score (nSPS) is 9.14. The minimum atomic E-state index is -0.486. The van der Waals surface area contributed by atoms with Gasteiger partial charge < -0.3 is 9.84 Å². The molecule has 3 heteroatoms. The molecule has 0 aliphatic heterocycles. The summed E-state index contributed by atoms with van der Waals surface area (Å²) < 4.78 is 4.76. The molecule has 0 amide bonds. The number of carbonyl (C=O) groups is 1. The number of ether oxygens (including phenoxy) is 1. The summed E-state index contributed by atoms with van der Waals surface area (Å²) in [4.78, 5) is 11.3. The molecule has 0 radical (unpaired) electrons. The number of benzene rings is 1. The van der Waals surface area contributed by atoms with Gasteiger partial charge in [-0.2, -0.15) is 0 Å². The lowest BCUT2D eigenvalue weighted by Crippen LogP contribution is -2.04. The Balaban J connectivity index is 3.04. The van der Waals surface area contributed by atoms with E-state index >= 15 is 0 Å². The van der Waals surface area contributed by atoms with Crippen molar-refractivity contribution in [1.82, 2.24) is 0 Å². The second-order valence-electron chi connectivity index (χ2n) is 2.63. The molecule has 1 aromatic carbocycles. The minimum absolute atomic E-state index is 0.0384. The van der Waals surface area contributed by atoms with E-state index in [1.807, 2.05) is 0 Å². The van der Waals surface area contributed by atoms with E-state index in [1.54, 1.807) is 6.92 Å². The predicted molar refractivity (Wildman–Crippen MR) is 52.0 cm³/mol. The van der Waals surface area contributed by atoms with Gasteiger partial charge in [0.1, 0.15) is 5.75 Å². The van der Waals surface area contributed by atoms with Crippen molar-refractivity contribution < 1.29 is 14.6 Å². The van der Waals surface area contributed by atoms with Gasteiger partial charge in [0.15, 0.2) is 0 Å². The van der Waals surface area contributed by atoms with Gasteiger partial charge in [-0.25, -0.2) is 4.79 Å². The molecule has 0 aliphatic carbocycles. The SMILES string of the molecule is C#Cc1cc(O)cc(C(=O)OCC)c1. The van der Waals surface area contributed by atoms with Gasteiger partial charge in [0.25, 0.3) is 0 Å². The fourth-order valence-electron chi connectivity index (χ4n) is 1.03. The Morgan fingerprint density at radius 2 is 2.29 bits per heavy atom. The predicted octanol–water partition coefficient (Wildman–Crippen LogP) is 1.55. The van der Waals surface area contributed by atoms with E-state index in [2.05, 4.69) is 5.92 Å². The van der Waals surface area contributed by atoms with Gasteiger partial charge >= 0.3 is 5.97 Å². The van der Waals surface area contributed by atoms with Crippen LogP contribution in [0.15, 0.2) is 18.2 Å². The standard InChI is InChI=1S/C11H10O3/c1-3-8-5-9(7-10(12)6-8)11(13)14-4-2/h1,5-7,12H,4H2,2H3. The zero-order valence-electron chi connectivity index (χ0n) is 7.78. The summed E-state index contributed by atoms with van der Waals surface area (Å²) in [6.45, 7) is 2.00. The summed E-state index contributed by atoms with van der Waals surface area (Å²) in [5, 5.41) is 9.24. The quantitative estimate of drug-likeness (QED) is 0.568. The van der Waals surface area contributed by atoms with Crippen LogP contribution in [-0.2, 0) is 4.74 Å². The van der Waals surface area contributed by atoms with Crippen LogP contribution < -0.4 is 0 Å². The van der Waals surface area contributed by atoms with Crippen LogP contribution in [0.25, 0.3) is 0 Å². The van der Waals surface area contributed by atoms with Crippen LogP contribution in [-0.4, -0.2) is 17.7 Å². The smallest absolute Gasteiger partial charge is 0.338 e. The Morgan fingerprint density at radius 1 is 1.57 bits per heavy atom. The van der Waals surface area contributed by atoms with Gasteiger partial charge in [-0.1, -0.05) is 5.92 Å². The van der Waals surface area contributed by atoms with Crippen LogP contribution >= 0.6 is 0 Å². The van der Waals surface area contributed by atoms with Crippen molar-refractivity contribution in [1.29, 1.82) is 0 Å². The van der Waals surface area contributed by atoms with Crippen LogP contribution in [0, 0.1) is 12.3 Å². The Bertz CT molecular complexity index is 388. The van der Waals surface area contributed by atoms with Crippen molar-refractivity contribution in [2.75, 3.05) is 6.61 Å². The first-order valence-corrected chi connectivity index (χ1v) is 4.15. The second-order valence-corrected chi connectivity index (χ2v) is 2.63. The summed E-state index contributed by atoms with van der Waals surface area (Å²) in [5.74, 6) is 1.81. The number of aromatic hydroxyl groups is 1. The first-order chi connectivity index (χ1) is 6.67. The van der Waals surface area contributed by atoms with Crippen LogP contribution in [0.1, 0.15) is 22.8 Å². The molecule has 0 spiro atoms. The molecule has 1 N–H and O–H groups in total. The van der Waals surface area contributed by atoms with Gasteiger partial charge in [-0.3, -0.25) is 0 Å². The topological polar surface area (TPSA) is 46.5 Å². The molecule has 1 aromatic rings. The number of terminal acetylenes is 1. The molecule has 0 saturated heterocycles. The minimum Gasteiger partial charge on any atom is -0.508 e. The lowest BCUT2D eigenvalue weighted by Gasteiger charge is -2.02. The maximum absolute atomic E-state index is 11.3. The van der Waals surface area contributed by atoms with Crippen LogP contribution in [0.2, 0.25) is 0 Å². The van der Waals surface area contributed by atoms with Gasteiger partial charge in [0.05, 0.1) is 12.2 Å². The fourth-order valence-corrected chi connectivity index (χ4v) is 1.03. The van der Waals surface area contributed by atoms with E-state index in [4.69, 9.17) is 11.2 Å². The molecular weight excluding hydrogens is 180 g/mol. The Morgan fingerprint density at radius 3 is 2.86 bits per heavy atom. The molecule has 1 rings (SSSR count). The number of rotatable bonds is 2. The molecule has 3 nitrogen and oxygen atoms in total. The molecule has 72 valence electrons. The Labute approximate surface area is 82.3 Å². The second kappa shape index (κ2) is 4.33. The number of phenols is 1. The van der Waals surface area contributed by atoms with Gasteiger partial charge in [0, 0.05) is 5.56 Å². The highest BCUT2D eigenvalue weighted by Gasteiger charge is 2.08. The lowest BCUT2D eigenvalue weighted by atomic mass is 10.1. The first kappa shape index (κ1) is 10.1. The highest BCUT2D eigenvalue weighted by molar-refractivity contribution is 5.90. The first-order valence-electron chi connectivity index (χ1n) is 4.15. The summed E-state index contributed by atoms with van der Waals surface area (Å²) in [6, 6.07) is 4.22. The highest BCUT2D eigenvalue weighted by atomic mass is 16.5. The fraction of sp³-hybridized carbons (Fsp3) is 0.182. The summed E-state index contributed by atoms with van der Waals surface area (Å²) >= 11 is 0. The molecule has 0 aromatic heterocycles. The van der Waals surface area contributed by atoms with Crippen molar-refractivity contribution in [3.8, 4) is 18.1 Å². The molecule has 0 unspecified atom stereocenters. The number of carbonyl (C=O) groups excluding carboxylic acids is 1. The van der Waals surface area contributed by atoms with E-state index in [0.29, 0.717) is 12.2 Å². The van der Waals surface area contributed by atoms with Crippen LogP contribution in [0.5, 0.6) is 5.75 Å². The third kappa shape index (κ3) is 2.27.